The molecule has 8 heteroatoms. The average Bonchev–Trinajstić information content (AvgIpc) is 3.40. The van der Waals surface area contributed by atoms with Crippen LogP contribution in [-0.4, -0.2) is 46.2 Å². The Bertz CT molecular complexity index is 763. The van der Waals surface area contributed by atoms with E-state index in [2.05, 4.69) is 15.5 Å². The van der Waals surface area contributed by atoms with Gasteiger partial charge in [0, 0.05) is 26.3 Å². The van der Waals surface area contributed by atoms with Gasteiger partial charge in [-0.2, -0.15) is 0 Å². The van der Waals surface area contributed by atoms with E-state index in [4.69, 9.17) is 4.74 Å². The first kappa shape index (κ1) is 18.8. The molecule has 0 radical (unpaired) electrons. The first-order valence-electron chi connectivity index (χ1n) is 8.75. The molecule has 2 aromatic rings. The Balaban J connectivity index is 1.73. The molecular weight excluding hydrogens is 355 g/mol. The predicted octanol–water partition coefficient (Wildman–Crippen LogP) is 3.05. The van der Waals surface area contributed by atoms with Crippen LogP contribution in [0.3, 0.4) is 0 Å². The SMILES string of the molecule is COCCCNC(=O)C(C)Sc1nnc(-c2ccccc2F)n1C1CC1. The second-order valence-electron chi connectivity index (χ2n) is 6.28. The van der Waals surface area contributed by atoms with Crippen LogP contribution in [0.4, 0.5) is 4.39 Å². The second-order valence-corrected chi connectivity index (χ2v) is 7.59. The van der Waals surface area contributed by atoms with Crippen molar-refractivity contribution in [3.05, 3.63) is 30.1 Å². The van der Waals surface area contributed by atoms with E-state index >= 15 is 0 Å². The van der Waals surface area contributed by atoms with Crippen molar-refractivity contribution in [2.24, 2.45) is 0 Å². The molecule has 0 aliphatic heterocycles. The number of amides is 1. The number of benzene rings is 1. The van der Waals surface area contributed by atoms with E-state index in [1.54, 1.807) is 25.3 Å². The minimum atomic E-state index is -0.317. The maximum Gasteiger partial charge on any atom is 0.233 e. The Labute approximate surface area is 156 Å². The normalized spacial score (nSPS) is 15.0. The fraction of sp³-hybridized carbons (Fsp3) is 0.500. The number of rotatable bonds is 9. The Morgan fingerprint density at radius 2 is 2.19 bits per heavy atom. The summed E-state index contributed by atoms with van der Waals surface area (Å²) in [6, 6.07) is 6.84. The van der Waals surface area contributed by atoms with E-state index in [0.29, 0.717) is 29.7 Å². The van der Waals surface area contributed by atoms with Crippen LogP contribution in [0.5, 0.6) is 0 Å². The monoisotopic (exact) mass is 378 g/mol. The molecule has 1 aromatic carbocycles. The fourth-order valence-corrected chi connectivity index (χ4v) is 3.57. The fourth-order valence-electron chi connectivity index (χ4n) is 2.63. The molecule has 1 aliphatic rings. The highest BCUT2D eigenvalue weighted by atomic mass is 32.2. The lowest BCUT2D eigenvalue weighted by molar-refractivity contribution is -0.120. The van der Waals surface area contributed by atoms with Crippen molar-refractivity contribution < 1.29 is 13.9 Å². The van der Waals surface area contributed by atoms with Gasteiger partial charge >= 0.3 is 0 Å². The smallest absolute Gasteiger partial charge is 0.233 e. The molecule has 3 rings (SSSR count). The Morgan fingerprint density at radius 3 is 2.88 bits per heavy atom. The summed E-state index contributed by atoms with van der Waals surface area (Å²) < 4.78 is 21.1. The zero-order valence-corrected chi connectivity index (χ0v) is 15.8. The summed E-state index contributed by atoms with van der Waals surface area (Å²) in [5, 5.41) is 11.7. The molecule has 26 heavy (non-hydrogen) atoms. The van der Waals surface area contributed by atoms with Crippen LogP contribution in [0.25, 0.3) is 11.4 Å². The number of methoxy groups -OCH3 is 1. The third-order valence-corrected chi connectivity index (χ3v) is 5.22. The lowest BCUT2D eigenvalue weighted by Crippen LogP contribution is -2.32. The zero-order chi connectivity index (χ0) is 18.5. The van der Waals surface area contributed by atoms with Gasteiger partial charge in [-0.15, -0.1) is 10.2 Å². The molecule has 0 saturated heterocycles. The summed E-state index contributed by atoms with van der Waals surface area (Å²) >= 11 is 1.36. The summed E-state index contributed by atoms with van der Waals surface area (Å²) in [6.45, 7) is 3.03. The number of hydrogen-bond donors (Lipinski definition) is 1. The van der Waals surface area contributed by atoms with Crippen LogP contribution in [0.2, 0.25) is 0 Å². The van der Waals surface area contributed by atoms with Crippen molar-refractivity contribution in [2.45, 2.75) is 42.6 Å². The van der Waals surface area contributed by atoms with Crippen LogP contribution in [0.1, 0.15) is 32.2 Å². The largest absolute Gasteiger partial charge is 0.385 e. The highest BCUT2D eigenvalue weighted by Crippen LogP contribution is 2.42. The third-order valence-electron chi connectivity index (χ3n) is 4.17. The van der Waals surface area contributed by atoms with Crippen molar-refractivity contribution in [3.8, 4) is 11.4 Å². The first-order valence-corrected chi connectivity index (χ1v) is 9.63. The molecule has 6 nitrogen and oxygen atoms in total. The molecule has 0 spiro atoms. The van der Waals surface area contributed by atoms with Crippen LogP contribution in [0, 0.1) is 5.82 Å². The Kier molecular flexibility index (Phi) is 6.26. The summed E-state index contributed by atoms with van der Waals surface area (Å²) in [7, 11) is 1.64. The zero-order valence-electron chi connectivity index (χ0n) is 14.9. The summed E-state index contributed by atoms with van der Waals surface area (Å²) in [6.07, 6.45) is 2.81. The molecule has 1 amide bonds. The van der Waals surface area contributed by atoms with Crippen LogP contribution in [0.15, 0.2) is 29.4 Å². The van der Waals surface area contributed by atoms with Crippen LogP contribution in [-0.2, 0) is 9.53 Å². The third kappa shape index (κ3) is 4.42. The average molecular weight is 378 g/mol. The number of carbonyl (C=O) groups is 1. The topological polar surface area (TPSA) is 69.0 Å². The van der Waals surface area contributed by atoms with Crippen LogP contribution < -0.4 is 5.32 Å². The summed E-state index contributed by atoms with van der Waals surface area (Å²) in [5.74, 6) is 0.159. The van der Waals surface area contributed by atoms with E-state index < -0.39 is 0 Å². The molecule has 1 unspecified atom stereocenters. The summed E-state index contributed by atoms with van der Waals surface area (Å²) in [4.78, 5) is 12.2. The molecule has 1 N–H and O–H groups in total. The number of halogens is 1. The number of hydrogen-bond acceptors (Lipinski definition) is 5. The van der Waals surface area contributed by atoms with Crippen molar-refractivity contribution in [2.75, 3.05) is 20.3 Å². The molecule has 1 fully saturated rings. The second kappa shape index (κ2) is 8.64. The van der Waals surface area contributed by atoms with Gasteiger partial charge in [0.15, 0.2) is 11.0 Å². The van der Waals surface area contributed by atoms with Gasteiger partial charge in [0.25, 0.3) is 0 Å². The number of nitrogens with zero attached hydrogens (tertiary/aromatic N) is 3. The van der Waals surface area contributed by atoms with Crippen molar-refractivity contribution in [1.29, 1.82) is 0 Å². The van der Waals surface area contributed by atoms with Crippen molar-refractivity contribution in [1.82, 2.24) is 20.1 Å². The van der Waals surface area contributed by atoms with Gasteiger partial charge in [-0.1, -0.05) is 23.9 Å². The quantitative estimate of drug-likeness (QED) is 0.536. The number of nitrogens with one attached hydrogen (secondary N) is 1. The maximum atomic E-state index is 14.2. The number of ether oxygens (including phenoxy) is 1. The molecule has 1 heterocycles. The first-order chi connectivity index (χ1) is 12.6. The molecule has 0 bridgehead atoms. The van der Waals surface area contributed by atoms with Gasteiger partial charge in [-0.05, 0) is 38.3 Å². The standard InChI is InChI=1S/C18H23FN4O2S/c1-12(17(24)20-10-5-11-25-2)26-18-22-21-16(23(18)13-8-9-13)14-6-3-4-7-15(14)19/h3-4,6-7,12-13H,5,8-11H2,1-2H3,(H,20,24). The molecule has 1 aromatic heterocycles. The maximum absolute atomic E-state index is 14.2. The van der Waals surface area contributed by atoms with Gasteiger partial charge in [-0.3, -0.25) is 9.36 Å². The van der Waals surface area contributed by atoms with E-state index in [0.717, 1.165) is 19.3 Å². The molecular formula is C18H23FN4O2S. The van der Waals surface area contributed by atoms with Gasteiger partial charge in [-0.25, -0.2) is 4.39 Å². The lowest BCUT2D eigenvalue weighted by atomic mass is 10.2. The van der Waals surface area contributed by atoms with E-state index in [1.165, 1.54) is 17.8 Å². The van der Waals surface area contributed by atoms with E-state index in [1.807, 2.05) is 11.5 Å². The van der Waals surface area contributed by atoms with Gasteiger partial charge < -0.3 is 10.1 Å². The minimum absolute atomic E-state index is 0.0520. The lowest BCUT2D eigenvalue weighted by Gasteiger charge is -2.13. The Morgan fingerprint density at radius 1 is 1.42 bits per heavy atom. The predicted molar refractivity (Wildman–Crippen MR) is 98.5 cm³/mol. The van der Waals surface area contributed by atoms with Gasteiger partial charge in [0.05, 0.1) is 10.8 Å². The summed E-state index contributed by atoms with van der Waals surface area (Å²) in [5.41, 5.74) is 0.440. The molecule has 1 aliphatic carbocycles. The molecule has 1 saturated carbocycles. The van der Waals surface area contributed by atoms with Crippen LogP contribution >= 0.6 is 11.8 Å². The van der Waals surface area contributed by atoms with Crippen molar-refractivity contribution >= 4 is 17.7 Å². The molecule has 140 valence electrons. The van der Waals surface area contributed by atoms with Crippen molar-refractivity contribution in [3.63, 3.8) is 0 Å². The van der Waals surface area contributed by atoms with E-state index in [9.17, 15) is 9.18 Å². The highest BCUT2D eigenvalue weighted by molar-refractivity contribution is 8.00. The molecule has 1 atom stereocenters. The number of thioether (sulfide) groups is 1. The minimum Gasteiger partial charge on any atom is -0.385 e. The number of carbonyl (C=O) groups excluding carboxylic acids is 1. The van der Waals surface area contributed by atoms with Gasteiger partial charge in [0.1, 0.15) is 5.82 Å². The van der Waals surface area contributed by atoms with E-state index in [-0.39, 0.29) is 23.0 Å². The van der Waals surface area contributed by atoms with Gasteiger partial charge in [0.2, 0.25) is 5.91 Å². The Hall–Kier alpha value is -1.93. The number of aromatic nitrogens is 3. The highest BCUT2D eigenvalue weighted by Gasteiger charge is 2.32.